The largest absolute Gasteiger partial charge is 0.497 e. The van der Waals surface area contributed by atoms with Gasteiger partial charge in [-0.05, 0) is 41.8 Å². The van der Waals surface area contributed by atoms with Crippen LogP contribution in [0.15, 0.2) is 42.6 Å². The Morgan fingerprint density at radius 1 is 1.17 bits per heavy atom. The molecule has 0 spiro atoms. The fourth-order valence-corrected chi connectivity index (χ4v) is 2.12. The molecule has 0 bridgehead atoms. The Morgan fingerprint density at radius 2 is 1.91 bits per heavy atom. The van der Waals surface area contributed by atoms with Gasteiger partial charge in [0.05, 0.1) is 12.8 Å². The molecule has 0 unspecified atom stereocenters. The second kappa shape index (κ2) is 8.17. The molecular weight excluding hydrogens is 290 g/mol. The Balaban J connectivity index is 2.06. The summed E-state index contributed by atoms with van der Waals surface area (Å²) < 4.78 is 5.17. The lowest BCUT2D eigenvalue weighted by molar-refractivity contribution is 0.239. The number of nitrogens with zero attached hydrogens (tertiary/aromatic N) is 1. The smallest absolute Gasteiger partial charge is 0.315 e. The predicted molar refractivity (Wildman–Crippen MR) is 91.3 cm³/mol. The van der Waals surface area contributed by atoms with Gasteiger partial charge in [0.25, 0.3) is 0 Å². The molecule has 1 aromatic heterocycles. The van der Waals surface area contributed by atoms with Gasteiger partial charge in [-0.25, -0.2) is 4.79 Å². The van der Waals surface area contributed by atoms with Gasteiger partial charge in [-0.15, -0.1) is 0 Å². The molecule has 0 aliphatic rings. The van der Waals surface area contributed by atoms with Gasteiger partial charge in [-0.2, -0.15) is 0 Å². The molecule has 23 heavy (non-hydrogen) atoms. The minimum atomic E-state index is -0.164. The summed E-state index contributed by atoms with van der Waals surface area (Å²) in [7, 11) is 1.64. The van der Waals surface area contributed by atoms with Crippen LogP contribution < -0.4 is 15.4 Å². The number of nitrogens with one attached hydrogen (secondary N) is 2. The van der Waals surface area contributed by atoms with Gasteiger partial charge in [-0.3, -0.25) is 4.98 Å². The number of aromatic nitrogens is 1. The van der Waals surface area contributed by atoms with Gasteiger partial charge in [0.15, 0.2) is 0 Å². The molecule has 1 heterocycles. The summed E-state index contributed by atoms with van der Waals surface area (Å²) in [5.74, 6) is 1.23. The van der Waals surface area contributed by atoms with Gasteiger partial charge in [0, 0.05) is 24.8 Å². The van der Waals surface area contributed by atoms with Crippen molar-refractivity contribution in [2.75, 3.05) is 13.7 Å². The quantitative estimate of drug-likeness (QED) is 0.861. The van der Waals surface area contributed by atoms with Crippen LogP contribution in [0, 0.1) is 5.92 Å². The Morgan fingerprint density at radius 3 is 2.57 bits per heavy atom. The number of carbonyl (C=O) groups is 1. The van der Waals surface area contributed by atoms with E-state index in [1.807, 2.05) is 36.4 Å². The highest BCUT2D eigenvalue weighted by atomic mass is 16.5. The number of rotatable bonds is 6. The highest BCUT2D eigenvalue weighted by molar-refractivity contribution is 5.74. The maximum atomic E-state index is 11.8. The van der Waals surface area contributed by atoms with E-state index < -0.39 is 0 Å². The van der Waals surface area contributed by atoms with E-state index in [0.29, 0.717) is 19.0 Å². The Hall–Kier alpha value is -2.56. The minimum Gasteiger partial charge on any atom is -0.497 e. The minimum absolute atomic E-state index is 0.164. The van der Waals surface area contributed by atoms with E-state index >= 15 is 0 Å². The zero-order valence-electron chi connectivity index (χ0n) is 13.8. The maximum absolute atomic E-state index is 11.8. The standard InChI is InChI=1S/C18H23N3O2/c1-13(2)11-20-18(22)21-12-15-5-4-10-19-17(15)14-6-8-16(23-3)9-7-14/h4-10,13H,11-12H2,1-3H3,(H2,20,21,22). The summed E-state index contributed by atoms with van der Waals surface area (Å²) in [5.41, 5.74) is 2.82. The van der Waals surface area contributed by atoms with Crippen LogP contribution in [0.25, 0.3) is 11.3 Å². The lowest BCUT2D eigenvalue weighted by atomic mass is 10.1. The van der Waals surface area contributed by atoms with Crippen molar-refractivity contribution < 1.29 is 9.53 Å². The number of methoxy groups -OCH3 is 1. The van der Waals surface area contributed by atoms with Crippen molar-refractivity contribution in [3.05, 3.63) is 48.2 Å². The van der Waals surface area contributed by atoms with Crippen molar-refractivity contribution in [1.29, 1.82) is 0 Å². The molecule has 0 aliphatic carbocycles. The Labute approximate surface area is 137 Å². The van der Waals surface area contributed by atoms with Gasteiger partial charge in [-0.1, -0.05) is 19.9 Å². The fraction of sp³-hybridized carbons (Fsp3) is 0.333. The van der Waals surface area contributed by atoms with Gasteiger partial charge in [0.2, 0.25) is 0 Å². The van der Waals surface area contributed by atoms with E-state index in [2.05, 4.69) is 29.5 Å². The third kappa shape index (κ3) is 4.98. The molecule has 0 fully saturated rings. The lowest BCUT2D eigenvalue weighted by Gasteiger charge is -2.12. The SMILES string of the molecule is COc1ccc(-c2ncccc2CNC(=O)NCC(C)C)cc1. The third-order valence-electron chi connectivity index (χ3n) is 3.36. The number of hydrogen-bond acceptors (Lipinski definition) is 3. The summed E-state index contributed by atoms with van der Waals surface area (Å²) in [6.07, 6.45) is 1.75. The molecule has 5 nitrogen and oxygen atoms in total. The first-order chi connectivity index (χ1) is 11.1. The van der Waals surface area contributed by atoms with E-state index in [0.717, 1.165) is 22.6 Å². The van der Waals surface area contributed by atoms with Gasteiger partial charge in [0.1, 0.15) is 5.75 Å². The highest BCUT2D eigenvalue weighted by Gasteiger charge is 2.08. The molecule has 122 valence electrons. The number of pyridine rings is 1. The molecule has 0 saturated heterocycles. The van der Waals surface area contributed by atoms with Crippen molar-refractivity contribution in [2.24, 2.45) is 5.92 Å². The van der Waals surface area contributed by atoms with E-state index in [-0.39, 0.29) is 6.03 Å². The van der Waals surface area contributed by atoms with Crippen molar-refractivity contribution in [3.63, 3.8) is 0 Å². The number of carbonyl (C=O) groups excluding carboxylic acids is 1. The van der Waals surface area contributed by atoms with Crippen LogP contribution >= 0.6 is 0 Å². The Kier molecular flexibility index (Phi) is 5.97. The molecule has 0 radical (unpaired) electrons. The highest BCUT2D eigenvalue weighted by Crippen LogP contribution is 2.23. The zero-order valence-corrected chi connectivity index (χ0v) is 13.8. The predicted octanol–water partition coefficient (Wildman–Crippen LogP) is 3.21. The second-order valence-electron chi connectivity index (χ2n) is 5.70. The van der Waals surface area contributed by atoms with Crippen molar-refractivity contribution in [1.82, 2.24) is 15.6 Å². The topological polar surface area (TPSA) is 63.2 Å². The third-order valence-corrected chi connectivity index (χ3v) is 3.36. The summed E-state index contributed by atoms with van der Waals surface area (Å²) in [6.45, 7) is 5.20. The van der Waals surface area contributed by atoms with E-state index in [9.17, 15) is 4.79 Å². The first-order valence-electron chi connectivity index (χ1n) is 7.70. The monoisotopic (exact) mass is 313 g/mol. The van der Waals surface area contributed by atoms with E-state index in [4.69, 9.17) is 4.74 Å². The molecule has 2 rings (SSSR count). The van der Waals surface area contributed by atoms with Crippen molar-refractivity contribution >= 4 is 6.03 Å². The normalized spacial score (nSPS) is 10.4. The van der Waals surface area contributed by atoms with Crippen molar-refractivity contribution in [3.8, 4) is 17.0 Å². The molecule has 0 aliphatic heterocycles. The average Bonchev–Trinajstić information content (AvgIpc) is 2.58. The van der Waals surface area contributed by atoms with Crippen LogP contribution in [0.5, 0.6) is 5.75 Å². The van der Waals surface area contributed by atoms with Crippen LogP contribution in [0.2, 0.25) is 0 Å². The number of hydrogen-bond donors (Lipinski definition) is 2. The maximum Gasteiger partial charge on any atom is 0.315 e. The molecule has 0 atom stereocenters. The summed E-state index contributed by atoms with van der Waals surface area (Å²) >= 11 is 0. The van der Waals surface area contributed by atoms with Gasteiger partial charge >= 0.3 is 6.03 Å². The molecule has 2 amide bonds. The van der Waals surface area contributed by atoms with Crippen LogP contribution in [0.3, 0.4) is 0 Å². The molecular formula is C18H23N3O2. The number of amides is 2. The number of ether oxygens (including phenoxy) is 1. The molecule has 5 heteroatoms. The Bertz CT molecular complexity index is 639. The summed E-state index contributed by atoms with van der Waals surface area (Å²) in [6, 6.07) is 11.4. The van der Waals surface area contributed by atoms with Crippen LogP contribution in [0.4, 0.5) is 4.79 Å². The first-order valence-corrected chi connectivity index (χ1v) is 7.70. The van der Waals surface area contributed by atoms with E-state index in [1.165, 1.54) is 0 Å². The molecule has 1 aromatic carbocycles. The lowest BCUT2D eigenvalue weighted by Crippen LogP contribution is -2.37. The van der Waals surface area contributed by atoms with Crippen molar-refractivity contribution in [2.45, 2.75) is 20.4 Å². The molecule has 2 N–H and O–H groups in total. The number of urea groups is 1. The van der Waals surface area contributed by atoms with Crippen LogP contribution in [-0.2, 0) is 6.54 Å². The number of benzene rings is 1. The summed E-state index contributed by atoms with van der Waals surface area (Å²) in [5, 5.41) is 5.71. The fourth-order valence-electron chi connectivity index (χ4n) is 2.12. The van der Waals surface area contributed by atoms with Crippen LogP contribution in [-0.4, -0.2) is 24.7 Å². The molecule has 0 saturated carbocycles. The average molecular weight is 313 g/mol. The molecule has 2 aromatic rings. The zero-order chi connectivity index (χ0) is 16.7. The van der Waals surface area contributed by atoms with Crippen LogP contribution in [0.1, 0.15) is 19.4 Å². The first kappa shape index (κ1) is 16.8. The summed E-state index contributed by atoms with van der Waals surface area (Å²) in [4.78, 5) is 16.2. The second-order valence-corrected chi connectivity index (χ2v) is 5.70. The van der Waals surface area contributed by atoms with E-state index in [1.54, 1.807) is 13.3 Å². The van der Waals surface area contributed by atoms with Gasteiger partial charge < -0.3 is 15.4 Å².